The molecule has 16 heavy (non-hydrogen) atoms. The molecule has 0 aromatic heterocycles. The van der Waals surface area contributed by atoms with Crippen LogP contribution in [0.1, 0.15) is 19.3 Å². The quantitative estimate of drug-likeness (QED) is 0.737. The number of nitrogens with one attached hydrogen (secondary N) is 1. The summed E-state index contributed by atoms with van der Waals surface area (Å²) in [6.07, 6.45) is 2.95. The lowest BCUT2D eigenvalue weighted by molar-refractivity contribution is -0.0491. The van der Waals surface area contributed by atoms with E-state index in [9.17, 15) is 17.2 Å². The van der Waals surface area contributed by atoms with Gasteiger partial charge in [0.15, 0.2) is 9.84 Å². The van der Waals surface area contributed by atoms with Gasteiger partial charge in [-0.25, -0.2) is 17.2 Å². The van der Waals surface area contributed by atoms with Gasteiger partial charge in [0, 0.05) is 12.3 Å². The van der Waals surface area contributed by atoms with Gasteiger partial charge in [-0.3, -0.25) is 0 Å². The number of rotatable bonds is 5. The normalized spacial score (nSPS) is 27.2. The molecule has 2 atom stereocenters. The van der Waals surface area contributed by atoms with Crippen LogP contribution in [0.25, 0.3) is 0 Å². The minimum atomic E-state index is -3.20. The van der Waals surface area contributed by atoms with Crippen molar-refractivity contribution in [2.75, 3.05) is 19.4 Å². The van der Waals surface area contributed by atoms with Gasteiger partial charge in [0.2, 0.25) is 0 Å². The van der Waals surface area contributed by atoms with Crippen LogP contribution >= 0.6 is 0 Å². The minimum Gasteiger partial charge on any atom is -0.390 e. The number of hydrogen-bond donors (Lipinski definition) is 2. The third-order valence-corrected chi connectivity index (χ3v) is 4.52. The fourth-order valence-corrected chi connectivity index (χ4v) is 3.43. The molecule has 0 heterocycles. The van der Waals surface area contributed by atoms with Crippen molar-refractivity contribution >= 4 is 9.84 Å². The van der Waals surface area contributed by atoms with Crippen LogP contribution in [-0.4, -0.2) is 50.1 Å². The summed E-state index contributed by atoms with van der Waals surface area (Å²) in [7, 11) is -3.20. The first-order valence-corrected chi connectivity index (χ1v) is 7.13. The van der Waals surface area contributed by atoms with Crippen molar-refractivity contribution in [3.05, 3.63) is 0 Å². The Hall–Kier alpha value is -0.270. The average molecular weight is 257 g/mol. The molecular formula is C9H17F2NO3S. The van der Waals surface area contributed by atoms with Gasteiger partial charge in [-0.05, 0) is 12.8 Å². The summed E-state index contributed by atoms with van der Waals surface area (Å²) in [6.45, 7) is -1.91. The van der Waals surface area contributed by atoms with Crippen LogP contribution in [0, 0.1) is 0 Å². The number of aliphatic hydroxyl groups excluding tert-OH is 1. The lowest BCUT2D eigenvalue weighted by Gasteiger charge is -2.22. The number of hydrogen-bond acceptors (Lipinski definition) is 4. The largest absolute Gasteiger partial charge is 0.390 e. The van der Waals surface area contributed by atoms with Gasteiger partial charge < -0.3 is 10.4 Å². The molecule has 4 nitrogen and oxygen atoms in total. The van der Waals surface area contributed by atoms with Crippen LogP contribution in [0.4, 0.5) is 8.78 Å². The van der Waals surface area contributed by atoms with Crippen molar-refractivity contribution in [3.63, 3.8) is 0 Å². The van der Waals surface area contributed by atoms with Crippen LogP contribution in [0.5, 0.6) is 0 Å². The van der Waals surface area contributed by atoms with Crippen LogP contribution in [0.3, 0.4) is 0 Å². The van der Waals surface area contributed by atoms with Gasteiger partial charge in [0.25, 0.3) is 5.92 Å². The Bertz CT molecular complexity index is 332. The highest BCUT2D eigenvalue weighted by atomic mass is 32.2. The summed E-state index contributed by atoms with van der Waals surface area (Å²) < 4.78 is 48.3. The Morgan fingerprint density at radius 2 is 2.06 bits per heavy atom. The van der Waals surface area contributed by atoms with E-state index in [1.165, 1.54) is 0 Å². The van der Waals surface area contributed by atoms with E-state index in [4.69, 9.17) is 5.11 Å². The first-order chi connectivity index (χ1) is 7.26. The van der Waals surface area contributed by atoms with Crippen molar-refractivity contribution in [3.8, 4) is 0 Å². The van der Waals surface area contributed by atoms with Gasteiger partial charge in [-0.1, -0.05) is 6.42 Å². The SMILES string of the molecule is CS(=O)(=O)C1CCCC1NCC(F)(F)CO. The molecule has 0 aromatic carbocycles. The van der Waals surface area contributed by atoms with Crippen LogP contribution in [-0.2, 0) is 9.84 Å². The molecule has 0 radical (unpaired) electrons. The lowest BCUT2D eigenvalue weighted by atomic mass is 10.2. The number of halogens is 2. The third-order valence-electron chi connectivity index (χ3n) is 2.86. The number of aliphatic hydroxyl groups is 1. The average Bonchev–Trinajstić information content (AvgIpc) is 2.62. The van der Waals surface area contributed by atoms with E-state index in [0.717, 1.165) is 12.7 Å². The van der Waals surface area contributed by atoms with Gasteiger partial charge in [0.1, 0.15) is 6.61 Å². The zero-order valence-electron chi connectivity index (χ0n) is 9.12. The molecule has 7 heteroatoms. The first kappa shape index (κ1) is 13.8. The van der Waals surface area contributed by atoms with Gasteiger partial charge in [0.05, 0.1) is 11.8 Å². The molecule has 1 aliphatic rings. The van der Waals surface area contributed by atoms with Gasteiger partial charge in [-0.15, -0.1) is 0 Å². The maximum atomic E-state index is 12.8. The zero-order valence-corrected chi connectivity index (χ0v) is 9.93. The van der Waals surface area contributed by atoms with E-state index in [1.54, 1.807) is 0 Å². The van der Waals surface area contributed by atoms with Crippen molar-refractivity contribution < 1.29 is 22.3 Å². The second-order valence-electron chi connectivity index (χ2n) is 4.30. The summed E-state index contributed by atoms with van der Waals surface area (Å²) >= 11 is 0. The molecule has 1 rings (SSSR count). The standard InChI is InChI=1S/C9H17F2NO3S/c1-16(14,15)8-4-2-3-7(8)12-5-9(10,11)6-13/h7-8,12-13H,2-6H2,1H3. The van der Waals surface area contributed by atoms with Crippen LogP contribution in [0.15, 0.2) is 0 Å². The van der Waals surface area contributed by atoms with E-state index < -0.39 is 40.2 Å². The molecule has 0 saturated heterocycles. The van der Waals surface area contributed by atoms with E-state index in [-0.39, 0.29) is 0 Å². The zero-order chi connectivity index (χ0) is 12.4. The van der Waals surface area contributed by atoms with E-state index in [1.807, 2.05) is 0 Å². The molecule has 1 fully saturated rings. The molecule has 1 saturated carbocycles. The summed E-state index contributed by atoms with van der Waals surface area (Å²) in [5.41, 5.74) is 0. The molecule has 2 unspecified atom stereocenters. The fourth-order valence-electron chi connectivity index (χ4n) is 2.01. The predicted molar refractivity (Wildman–Crippen MR) is 56.3 cm³/mol. The summed E-state index contributed by atoms with van der Waals surface area (Å²) in [6, 6.07) is -0.424. The van der Waals surface area contributed by atoms with Crippen LogP contribution in [0.2, 0.25) is 0 Å². The Morgan fingerprint density at radius 3 is 2.56 bits per heavy atom. The topological polar surface area (TPSA) is 66.4 Å². The van der Waals surface area contributed by atoms with Crippen molar-refractivity contribution in [1.82, 2.24) is 5.32 Å². The van der Waals surface area contributed by atoms with E-state index in [0.29, 0.717) is 12.8 Å². The number of sulfone groups is 1. The molecule has 0 aromatic rings. The smallest absolute Gasteiger partial charge is 0.282 e. The maximum absolute atomic E-state index is 12.8. The molecule has 0 aliphatic heterocycles. The highest BCUT2D eigenvalue weighted by molar-refractivity contribution is 7.91. The van der Waals surface area contributed by atoms with E-state index >= 15 is 0 Å². The molecule has 2 N–H and O–H groups in total. The molecule has 1 aliphatic carbocycles. The molecular weight excluding hydrogens is 240 g/mol. The first-order valence-electron chi connectivity index (χ1n) is 5.17. The Morgan fingerprint density at radius 1 is 1.44 bits per heavy atom. The predicted octanol–water partition coefficient (Wildman–Crippen LogP) is 0.169. The minimum absolute atomic E-state index is 0.424. The highest BCUT2D eigenvalue weighted by Crippen LogP contribution is 2.25. The Labute approximate surface area is 94.0 Å². The van der Waals surface area contributed by atoms with Crippen LogP contribution < -0.4 is 5.32 Å². The molecule has 96 valence electrons. The van der Waals surface area contributed by atoms with Crippen molar-refractivity contribution in [2.45, 2.75) is 36.5 Å². The molecule has 0 amide bonds. The molecule has 0 bridgehead atoms. The second kappa shape index (κ2) is 4.93. The van der Waals surface area contributed by atoms with E-state index in [2.05, 4.69) is 5.32 Å². The third kappa shape index (κ3) is 3.64. The highest BCUT2D eigenvalue weighted by Gasteiger charge is 2.37. The van der Waals surface area contributed by atoms with Gasteiger partial charge in [-0.2, -0.15) is 0 Å². The maximum Gasteiger partial charge on any atom is 0.282 e. The summed E-state index contributed by atoms with van der Waals surface area (Å²) in [5.74, 6) is -3.19. The Balaban J connectivity index is 2.55. The fraction of sp³-hybridized carbons (Fsp3) is 1.00. The second-order valence-corrected chi connectivity index (χ2v) is 6.56. The number of alkyl halides is 2. The molecule has 0 spiro atoms. The van der Waals surface area contributed by atoms with Gasteiger partial charge >= 0.3 is 0 Å². The Kier molecular flexibility index (Phi) is 4.25. The van der Waals surface area contributed by atoms with Crippen molar-refractivity contribution in [1.29, 1.82) is 0 Å². The summed E-state index contributed by atoms with van der Waals surface area (Å²) in [4.78, 5) is 0. The summed E-state index contributed by atoms with van der Waals surface area (Å²) in [5, 5.41) is 10.3. The monoisotopic (exact) mass is 257 g/mol. The van der Waals surface area contributed by atoms with Crippen molar-refractivity contribution in [2.24, 2.45) is 0 Å². The lowest BCUT2D eigenvalue weighted by Crippen LogP contribution is -2.46.